The Kier molecular flexibility index (Phi) is 2.91. The van der Waals surface area contributed by atoms with E-state index in [1.54, 1.807) is 12.3 Å². The first-order valence-electron chi connectivity index (χ1n) is 5.49. The van der Waals surface area contributed by atoms with Crippen LogP contribution in [0.3, 0.4) is 0 Å². The molecule has 1 aromatic heterocycles. The maximum absolute atomic E-state index is 5.84. The second-order valence-electron chi connectivity index (χ2n) is 4.62. The van der Waals surface area contributed by atoms with Crippen LogP contribution in [-0.2, 0) is 15.9 Å². The van der Waals surface area contributed by atoms with Crippen LogP contribution in [0, 0.1) is 0 Å². The Morgan fingerprint density at radius 2 is 2.44 bits per heavy atom. The fourth-order valence-corrected chi connectivity index (χ4v) is 1.63. The van der Waals surface area contributed by atoms with Gasteiger partial charge in [-0.05, 0) is 20.8 Å². The highest BCUT2D eigenvalue weighted by Crippen LogP contribution is 2.26. The van der Waals surface area contributed by atoms with Gasteiger partial charge in [-0.25, -0.2) is 0 Å². The lowest BCUT2D eigenvalue weighted by atomic mass is 9.82. The molecule has 1 fully saturated rings. The topological polar surface area (TPSA) is 36.3 Å². The van der Waals surface area contributed by atoms with E-state index in [9.17, 15) is 0 Å². The summed E-state index contributed by atoms with van der Waals surface area (Å²) in [6, 6.07) is 0. The molecular formula is C11H17BN2O2. The van der Waals surface area contributed by atoms with Gasteiger partial charge in [-0.1, -0.05) is 6.08 Å². The number of hydrogen-bond acceptors (Lipinski definition) is 3. The predicted octanol–water partition coefficient (Wildman–Crippen LogP) is 0.978. The zero-order chi connectivity index (χ0) is 11.8. The van der Waals surface area contributed by atoms with Crippen LogP contribution in [0.2, 0.25) is 0 Å². The number of allylic oxidation sites excluding steroid dienone is 1. The highest BCUT2D eigenvalue weighted by molar-refractivity contribution is 6.61. The van der Waals surface area contributed by atoms with Crippen molar-refractivity contribution >= 4 is 12.6 Å². The van der Waals surface area contributed by atoms with Gasteiger partial charge in [-0.15, -0.1) is 6.58 Å². The van der Waals surface area contributed by atoms with Crippen LogP contribution in [0.5, 0.6) is 0 Å². The Balaban J connectivity index is 2.11. The zero-order valence-electron chi connectivity index (χ0n) is 10.0. The van der Waals surface area contributed by atoms with Gasteiger partial charge < -0.3 is 9.31 Å². The fourth-order valence-electron chi connectivity index (χ4n) is 1.63. The summed E-state index contributed by atoms with van der Waals surface area (Å²) in [6.07, 6.45) is 5.60. The van der Waals surface area contributed by atoms with E-state index in [4.69, 9.17) is 9.31 Å². The third kappa shape index (κ3) is 2.06. The van der Waals surface area contributed by atoms with Crippen molar-refractivity contribution < 1.29 is 9.31 Å². The minimum Gasteiger partial charge on any atom is -0.402 e. The predicted molar refractivity (Wildman–Crippen MR) is 63.5 cm³/mol. The van der Waals surface area contributed by atoms with Gasteiger partial charge in [0.25, 0.3) is 0 Å². The normalized spacial score (nSPS) is 23.7. The second kappa shape index (κ2) is 4.07. The van der Waals surface area contributed by atoms with Crippen LogP contribution in [0.25, 0.3) is 0 Å². The van der Waals surface area contributed by atoms with Crippen molar-refractivity contribution in [3.05, 3.63) is 25.0 Å². The smallest absolute Gasteiger partial charge is 0.402 e. The summed E-state index contributed by atoms with van der Waals surface area (Å²) >= 11 is 0. The molecule has 86 valence electrons. The Hall–Kier alpha value is -1.07. The summed E-state index contributed by atoms with van der Waals surface area (Å²) in [5.41, 5.74) is 0.713. The van der Waals surface area contributed by atoms with Gasteiger partial charge in [0, 0.05) is 17.9 Å². The molecule has 1 atom stereocenters. The molecule has 5 heteroatoms. The zero-order valence-corrected chi connectivity index (χ0v) is 10.0. The van der Waals surface area contributed by atoms with E-state index in [0.717, 1.165) is 5.46 Å². The van der Waals surface area contributed by atoms with Crippen LogP contribution in [-0.4, -0.2) is 28.6 Å². The molecule has 0 N–H and O–H groups in total. The molecule has 1 aliphatic heterocycles. The van der Waals surface area contributed by atoms with Crippen molar-refractivity contribution in [2.45, 2.75) is 39.0 Å². The molecule has 0 radical (unpaired) electrons. The van der Waals surface area contributed by atoms with Gasteiger partial charge in [0.1, 0.15) is 0 Å². The molecule has 1 unspecified atom stereocenters. The quantitative estimate of drug-likeness (QED) is 0.562. The molecule has 1 saturated heterocycles. The van der Waals surface area contributed by atoms with Crippen LogP contribution in [0.1, 0.15) is 20.8 Å². The first kappa shape index (κ1) is 11.4. The van der Waals surface area contributed by atoms with Gasteiger partial charge in [0.2, 0.25) is 0 Å². The second-order valence-corrected chi connectivity index (χ2v) is 4.62. The molecule has 2 heterocycles. The van der Waals surface area contributed by atoms with E-state index in [-0.39, 0.29) is 18.8 Å². The average Bonchev–Trinajstić information content (AvgIpc) is 2.74. The maximum atomic E-state index is 5.84. The lowest BCUT2D eigenvalue weighted by molar-refractivity contribution is 0.0842. The van der Waals surface area contributed by atoms with Crippen LogP contribution < -0.4 is 5.46 Å². The maximum Gasteiger partial charge on any atom is 0.497 e. The van der Waals surface area contributed by atoms with Gasteiger partial charge in [0.05, 0.1) is 18.2 Å². The van der Waals surface area contributed by atoms with Crippen molar-refractivity contribution in [2.75, 3.05) is 0 Å². The molecule has 0 spiro atoms. The standard InChI is InChI=1S/C11H17BN2O2/c1-5-6-14-8-10(7-13-14)12-15-9(2)11(3,4)16-12/h5,7-9H,1,6H2,2-4H3. The van der Waals surface area contributed by atoms with E-state index in [2.05, 4.69) is 11.7 Å². The average molecular weight is 220 g/mol. The molecule has 0 aliphatic carbocycles. The highest BCUT2D eigenvalue weighted by Gasteiger charge is 2.44. The molecule has 2 rings (SSSR count). The number of aromatic nitrogens is 2. The minimum absolute atomic E-state index is 0.0836. The Morgan fingerprint density at radius 3 is 3.00 bits per heavy atom. The molecule has 1 aliphatic rings. The molecule has 16 heavy (non-hydrogen) atoms. The summed E-state index contributed by atoms with van der Waals surface area (Å²) in [5, 5.41) is 4.21. The SMILES string of the molecule is C=CCn1cc(B2OC(C)C(C)(C)O2)cn1. The third-order valence-electron chi connectivity index (χ3n) is 2.96. The largest absolute Gasteiger partial charge is 0.497 e. The van der Waals surface area contributed by atoms with Crippen molar-refractivity contribution in [1.29, 1.82) is 0 Å². The van der Waals surface area contributed by atoms with Crippen molar-refractivity contribution in [1.82, 2.24) is 9.78 Å². The third-order valence-corrected chi connectivity index (χ3v) is 2.96. The fraction of sp³-hybridized carbons (Fsp3) is 0.545. The van der Waals surface area contributed by atoms with Crippen molar-refractivity contribution in [3.8, 4) is 0 Å². The van der Waals surface area contributed by atoms with Gasteiger partial charge >= 0.3 is 7.12 Å². The molecule has 0 saturated carbocycles. The Morgan fingerprint density at radius 1 is 1.69 bits per heavy atom. The molecular weight excluding hydrogens is 203 g/mol. The molecule has 4 nitrogen and oxygen atoms in total. The monoisotopic (exact) mass is 220 g/mol. The van der Waals surface area contributed by atoms with E-state index < -0.39 is 0 Å². The van der Waals surface area contributed by atoms with Crippen LogP contribution >= 0.6 is 0 Å². The van der Waals surface area contributed by atoms with Crippen molar-refractivity contribution in [2.24, 2.45) is 0 Å². The molecule has 0 bridgehead atoms. The Labute approximate surface area is 96.4 Å². The van der Waals surface area contributed by atoms with Gasteiger partial charge in [0.15, 0.2) is 0 Å². The first-order valence-corrected chi connectivity index (χ1v) is 5.49. The highest BCUT2D eigenvalue weighted by atomic mass is 16.7. The van der Waals surface area contributed by atoms with E-state index in [1.807, 2.05) is 31.6 Å². The summed E-state index contributed by atoms with van der Waals surface area (Å²) in [5.74, 6) is 0. The van der Waals surface area contributed by atoms with Gasteiger partial charge in [-0.3, -0.25) is 4.68 Å². The molecule has 0 aromatic carbocycles. The lowest BCUT2D eigenvalue weighted by Gasteiger charge is -2.21. The van der Waals surface area contributed by atoms with E-state index in [0.29, 0.717) is 6.54 Å². The van der Waals surface area contributed by atoms with E-state index in [1.165, 1.54) is 0 Å². The van der Waals surface area contributed by atoms with E-state index >= 15 is 0 Å². The van der Waals surface area contributed by atoms with Gasteiger partial charge in [-0.2, -0.15) is 5.10 Å². The first-order chi connectivity index (χ1) is 7.53. The van der Waals surface area contributed by atoms with Crippen LogP contribution in [0.4, 0.5) is 0 Å². The molecule has 0 amide bonds. The Bertz CT molecular complexity index is 389. The molecule has 1 aromatic rings. The summed E-state index contributed by atoms with van der Waals surface area (Å²) in [6.45, 7) is 10.5. The minimum atomic E-state index is -0.302. The number of rotatable bonds is 3. The summed E-state index contributed by atoms with van der Waals surface area (Å²) < 4.78 is 13.4. The lowest BCUT2D eigenvalue weighted by Crippen LogP contribution is -2.34. The number of nitrogens with zero attached hydrogens (tertiary/aromatic N) is 2. The summed E-state index contributed by atoms with van der Waals surface area (Å²) in [4.78, 5) is 0. The number of hydrogen-bond donors (Lipinski definition) is 0. The van der Waals surface area contributed by atoms with Crippen LogP contribution in [0.15, 0.2) is 25.0 Å². The summed E-state index contributed by atoms with van der Waals surface area (Å²) in [7, 11) is -0.302. The van der Waals surface area contributed by atoms with Crippen molar-refractivity contribution in [3.63, 3.8) is 0 Å².